The van der Waals surface area contributed by atoms with Gasteiger partial charge in [-0.25, -0.2) is 4.98 Å². The van der Waals surface area contributed by atoms with E-state index in [9.17, 15) is 4.79 Å². The third kappa shape index (κ3) is 3.89. The van der Waals surface area contributed by atoms with E-state index >= 15 is 0 Å². The highest BCUT2D eigenvalue weighted by molar-refractivity contribution is 7.13. The van der Waals surface area contributed by atoms with E-state index in [0.717, 1.165) is 47.3 Å². The normalized spacial score (nSPS) is 15.7. The number of amides is 1. The fourth-order valence-electron chi connectivity index (χ4n) is 2.69. The SMILES string of the molecule is Cc1ccc(C(=O)NCc2cccnc2N2CCN(C)CC2)s1. The van der Waals surface area contributed by atoms with Crippen molar-refractivity contribution in [2.75, 3.05) is 38.1 Å². The number of rotatable bonds is 4. The molecule has 2 aromatic heterocycles. The number of aromatic nitrogens is 1. The van der Waals surface area contributed by atoms with Crippen LogP contribution in [0.2, 0.25) is 0 Å². The van der Waals surface area contributed by atoms with Gasteiger partial charge in [0, 0.05) is 49.4 Å². The van der Waals surface area contributed by atoms with Crippen LogP contribution >= 0.6 is 11.3 Å². The lowest BCUT2D eigenvalue weighted by Gasteiger charge is -2.34. The van der Waals surface area contributed by atoms with Crippen LogP contribution < -0.4 is 10.2 Å². The van der Waals surface area contributed by atoms with E-state index in [0.29, 0.717) is 6.54 Å². The Balaban J connectivity index is 1.67. The van der Waals surface area contributed by atoms with Crippen LogP contribution in [0.4, 0.5) is 5.82 Å². The van der Waals surface area contributed by atoms with Crippen molar-refractivity contribution in [2.24, 2.45) is 0 Å². The maximum Gasteiger partial charge on any atom is 0.261 e. The Morgan fingerprint density at radius 1 is 1.26 bits per heavy atom. The Morgan fingerprint density at radius 2 is 2.04 bits per heavy atom. The lowest BCUT2D eigenvalue weighted by molar-refractivity contribution is 0.0955. The van der Waals surface area contributed by atoms with E-state index in [2.05, 4.69) is 27.1 Å². The number of nitrogens with one attached hydrogen (secondary N) is 1. The van der Waals surface area contributed by atoms with Crippen LogP contribution in [0.15, 0.2) is 30.5 Å². The number of likely N-dealkylation sites (N-methyl/N-ethyl adjacent to an activating group) is 1. The van der Waals surface area contributed by atoms with Crippen molar-refractivity contribution in [1.82, 2.24) is 15.2 Å². The largest absolute Gasteiger partial charge is 0.354 e. The van der Waals surface area contributed by atoms with Gasteiger partial charge in [0.25, 0.3) is 5.91 Å². The van der Waals surface area contributed by atoms with Crippen LogP contribution in [0, 0.1) is 6.92 Å². The molecule has 122 valence electrons. The van der Waals surface area contributed by atoms with Gasteiger partial charge < -0.3 is 15.1 Å². The van der Waals surface area contributed by atoms with Gasteiger partial charge in [-0.15, -0.1) is 11.3 Å². The van der Waals surface area contributed by atoms with Gasteiger partial charge in [0.05, 0.1) is 4.88 Å². The van der Waals surface area contributed by atoms with E-state index in [1.165, 1.54) is 11.3 Å². The molecule has 1 saturated heterocycles. The topological polar surface area (TPSA) is 48.5 Å². The predicted octanol–water partition coefficient (Wildman–Crippen LogP) is 2.13. The van der Waals surface area contributed by atoms with Crippen LogP contribution in [0.1, 0.15) is 20.1 Å². The minimum atomic E-state index is -0.0173. The monoisotopic (exact) mass is 330 g/mol. The molecule has 1 aliphatic heterocycles. The number of carbonyl (C=O) groups excluding carboxylic acids is 1. The number of carbonyl (C=O) groups is 1. The predicted molar refractivity (Wildman–Crippen MR) is 94.2 cm³/mol. The van der Waals surface area contributed by atoms with E-state index in [-0.39, 0.29) is 5.91 Å². The number of anilines is 1. The molecule has 6 heteroatoms. The minimum absolute atomic E-state index is 0.0173. The second kappa shape index (κ2) is 7.10. The van der Waals surface area contributed by atoms with Gasteiger partial charge in [-0.05, 0) is 32.2 Å². The third-order valence-electron chi connectivity index (χ3n) is 4.07. The van der Waals surface area contributed by atoms with E-state index in [4.69, 9.17) is 0 Å². The Kier molecular flexibility index (Phi) is 4.93. The van der Waals surface area contributed by atoms with Crippen molar-refractivity contribution in [3.8, 4) is 0 Å². The van der Waals surface area contributed by atoms with E-state index in [1.807, 2.05) is 37.4 Å². The van der Waals surface area contributed by atoms with Crippen LogP contribution in [-0.2, 0) is 6.54 Å². The molecule has 3 rings (SSSR count). The fourth-order valence-corrected chi connectivity index (χ4v) is 3.47. The quantitative estimate of drug-likeness (QED) is 0.933. The lowest BCUT2D eigenvalue weighted by atomic mass is 10.2. The Labute approximate surface area is 140 Å². The average Bonchev–Trinajstić information content (AvgIpc) is 3.00. The number of hydrogen-bond donors (Lipinski definition) is 1. The van der Waals surface area contributed by atoms with Gasteiger partial charge in [-0.3, -0.25) is 4.79 Å². The highest BCUT2D eigenvalue weighted by Crippen LogP contribution is 2.19. The van der Waals surface area contributed by atoms with Gasteiger partial charge in [0.15, 0.2) is 0 Å². The molecule has 1 amide bonds. The molecular formula is C17H22N4OS. The maximum atomic E-state index is 12.2. The summed E-state index contributed by atoms with van der Waals surface area (Å²) < 4.78 is 0. The van der Waals surface area contributed by atoms with Crippen molar-refractivity contribution < 1.29 is 4.79 Å². The minimum Gasteiger partial charge on any atom is -0.354 e. The van der Waals surface area contributed by atoms with Crippen LogP contribution in [-0.4, -0.2) is 49.0 Å². The average molecular weight is 330 g/mol. The first-order valence-electron chi connectivity index (χ1n) is 7.85. The maximum absolute atomic E-state index is 12.2. The molecule has 3 heterocycles. The zero-order valence-corrected chi connectivity index (χ0v) is 14.4. The van der Waals surface area contributed by atoms with Crippen molar-refractivity contribution in [1.29, 1.82) is 0 Å². The van der Waals surface area contributed by atoms with E-state index in [1.54, 1.807) is 0 Å². The summed E-state index contributed by atoms with van der Waals surface area (Å²) in [5, 5.41) is 3.01. The van der Waals surface area contributed by atoms with Crippen molar-refractivity contribution >= 4 is 23.1 Å². The molecule has 0 radical (unpaired) electrons. The van der Waals surface area contributed by atoms with Crippen LogP contribution in [0.25, 0.3) is 0 Å². The number of hydrogen-bond acceptors (Lipinski definition) is 5. The molecule has 0 unspecified atom stereocenters. The molecule has 1 aliphatic rings. The van der Waals surface area contributed by atoms with E-state index < -0.39 is 0 Å². The molecular weight excluding hydrogens is 308 g/mol. The van der Waals surface area contributed by atoms with Gasteiger partial charge in [0.1, 0.15) is 5.82 Å². The summed E-state index contributed by atoms with van der Waals surface area (Å²) in [7, 11) is 2.14. The van der Waals surface area contributed by atoms with Crippen molar-refractivity contribution in [2.45, 2.75) is 13.5 Å². The first-order valence-corrected chi connectivity index (χ1v) is 8.67. The molecule has 0 bridgehead atoms. The number of thiophene rings is 1. The van der Waals surface area contributed by atoms with Gasteiger partial charge in [-0.2, -0.15) is 0 Å². The molecule has 0 aliphatic carbocycles. The first kappa shape index (κ1) is 16.0. The summed E-state index contributed by atoms with van der Waals surface area (Å²) in [4.78, 5) is 23.3. The lowest BCUT2D eigenvalue weighted by Crippen LogP contribution is -2.45. The summed E-state index contributed by atoms with van der Waals surface area (Å²) in [6.45, 7) is 6.53. The summed E-state index contributed by atoms with van der Waals surface area (Å²) >= 11 is 1.52. The molecule has 0 spiro atoms. The smallest absolute Gasteiger partial charge is 0.261 e. The third-order valence-corrected chi connectivity index (χ3v) is 5.07. The summed E-state index contributed by atoms with van der Waals surface area (Å²) in [6, 6.07) is 7.82. The summed E-state index contributed by atoms with van der Waals surface area (Å²) in [6.07, 6.45) is 1.82. The Bertz CT molecular complexity index is 677. The number of nitrogens with zero attached hydrogens (tertiary/aromatic N) is 3. The Morgan fingerprint density at radius 3 is 2.74 bits per heavy atom. The summed E-state index contributed by atoms with van der Waals surface area (Å²) in [5.41, 5.74) is 1.07. The number of aryl methyl sites for hydroxylation is 1. The second-order valence-corrected chi connectivity index (χ2v) is 7.16. The van der Waals surface area contributed by atoms with Crippen LogP contribution in [0.5, 0.6) is 0 Å². The number of piperazine rings is 1. The summed E-state index contributed by atoms with van der Waals surface area (Å²) in [5.74, 6) is 0.972. The fraction of sp³-hybridized carbons (Fsp3) is 0.412. The molecule has 23 heavy (non-hydrogen) atoms. The van der Waals surface area contributed by atoms with Gasteiger partial charge in [-0.1, -0.05) is 6.07 Å². The van der Waals surface area contributed by atoms with Crippen molar-refractivity contribution in [3.05, 3.63) is 45.8 Å². The molecule has 0 saturated carbocycles. The van der Waals surface area contributed by atoms with Gasteiger partial charge >= 0.3 is 0 Å². The molecule has 2 aromatic rings. The highest BCUT2D eigenvalue weighted by Gasteiger charge is 2.18. The highest BCUT2D eigenvalue weighted by atomic mass is 32.1. The Hall–Kier alpha value is -1.92. The van der Waals surface area contributed by atoms with Gasteiger partial charge in [0.2, 0.25) is 0 Å². The second-order valence-electron chi connectivity index (χ2n) is 5.87. The molecule has 1 fully saturated rings. The zero-order valence-electron chi connectivity index (χ0n) is 13.6. The van der Waals surface area contributed by atoms with Crippen molar-refractivity contribution in [3.63, 3.8) is 0 Å². The molecule has 0 atom stereocenters. The van der Waals surface area contributed by atoms with Crippen LogP contribution in [0.3, 0.4) is 0 Å². The molecule has 5 nitrogen and oxygen atoms in total. The molecule has 0 aromatic carbocycles. The molecule has 1 N–H and O–H groups in total. The number of pyridine rings is 1. The first-order chi connectivity index (χ1) is 11.1. The standard InChI is InChI=1S/C17H22N4OS/c1-13-5-6-15(23-13)17(22)19-12-14-4-3-7-18-16(14)21-10-8-20(2)9-11-21/h3-7H,8-12H2,1-2H3,(H,19,22). The zero-order chi connectivity index (χ0) is 16.2.